The summed E-state index contributed by atoms with van der Waals surface area (Å²) < 4.78 is 15.3. The summed E-state index contributed by atoms with van der Waals surface area (Å²) in [6.07, 6.45) is 0.355. The highest BCUT2D eigenvalue weighted by Crippen LogP contribution is 2.29. The summed E-state index contributed by atoms with van der Waals surface area (Å²) >= 11 is 0. The molecule has 9 heteroatoms. The molecule has 1 N–H and O–H groups in total. The number of nitrogens with zero attached hydrogens (tertiary/aromatic N) is 1. The van der Waals surface area contributed by atoms with Gasteiger partial charge in [-0.1, -0.05) is 0 Å². The zero-order valence-corrected chi connectivity index (χ0v) is 16.5. The second kappa shape index (κ2) is 9.08. The van der Waals surface area contributed by atoms with Crippen molar-refractivity contribution in [3.63, 3.8) is 0 Å². The SMILES string of the molecule is COc1ccc(NC(=O)COC(=O)c2ccc(N3C(=O)CCC3=O)cc2)c(OC)c1. The summed E-state index contributed by atoms with van der Waals surface area (Å²) in [5, 5.41) is 2.60. The minimum Gasteiger partial charge on any atom is -0.497 e. The highest BCUT2D eigenvalue weighted by molar-refractivity contribution is 6.19. The monoisotopic (exact) mass is 412 g/mol. The van der Waals surface area contributed by atoms with Crippen molar-refractivity contribution in [3.05, 3.63) is 48.0 Å². The lowest BCUT2D eigenvalue weighted by atomic mass is 10.2. The Kier molecular flexibility index (Phi) is 6.31. The number of hydrogen-bond acceptors (Lipinski definition) is 7. The molecule has 0 spiro atoms. The number of carbonyl (C=O) groups is 4. The molecule has 0 unspecified atom stereocenters. The number of benzene rings is 2. The van der Waals surface area contributed by atoms with Gasteiger partial charge in [0.2, 0.25) is 11.8 Å². The third kappa shape index (κ3) is 4.57. The molecule has 1 saturated heterocycles. The van der Waals surface area contributed by atoms with Crippen molar-refractivity contribution >= 4 is 35.1 Å². The van der Waals surface area contributed by atoms with Crippen LogP contribution in [0, 0.1) is 0 Å². The standard InChI is InChI=1S/C21H20N2O7/c1-28-15-7-8-16(17(11-15)29-2)22-18(24)12-30-21(27)13-3-5-14(6-4-13)23-19(25)9-10-20(23)26/h3-8,11H,9-10,12H2,1-2H3,(H,22,24). The number of nitrogens with one attached hydrogen (secondary N) is 1. The molecule has 1 aliphatic rings. The van der Waals surface area contributed by atoms with Crippen LogP contribution in [0.2, 0.25) is 0 Å². The summed E-state index contributed by atoms with van der Waals surface area (Å²) in [7, 11) is 2.97. The molecule has 0 aliphatic carbocycles. The van der Waals surface area contributed by atoms with E-state index in [2.05, 4.69) is 5.32 Å². The fourth-order valence-electron chi connectivity index (χ4n) is 2.91. The topological polar surface area (TPSA) is 111 Å². The normalized spacial score (nSPS) is 13.2. The first-order valence-electron chi connectivity index (χ1n) is 9.07. The Balaban J connectivity index is 1.57. The van der Waals surface area contributed by atoms with Crippen LogP contribution >= 0.6 is 0 Å². The maximum absolute atomic E-state index is 12.2. The van der Waals surface area contributed by atoms with E-state index in [0.29, 0.717) is 22.9 Å². The van der Waals surface area contributed by atoms with Gasteiger partial charge in [-0.3, -0.25) is 19.3 Å². The molecular formula is C21H20N2O7. The molecule has 2 aromatic rings. The quantitative estimate of drug-likeness (QED) is 0.548. The van der Waals surface area contributed by atoms with E-state index in [1.54, 1.807) is 18.2 Å². The third-order valence-electron chi connectivity index (χ3n) is 4.43. The fourth-order valence-corrected chi connectivity index (χ4v) is 2.91. The second-order valence-corrected chi connectivity index (χ2v) is 6.36. The van der Waals surface area contributed by atoms with Gasteiger partial charge in [0.15, 0.2) is 6.61 Å². The summed E-state index contributed by atoms with van der Waals surface area (Å²) in [6, 6.07) is 10.7. The van der Waals surface area contributed by atoms with Crippen LogP contribution in [0.3, 0.4) is 0 Å². The van der Waals surface area contributed by atoms with Crippen molar-refractivity contribution < 1.29 is 33.4 Å². The average Bonchev–Trinajstić information content (AvgIpc) is 3.10. The number of carbonyl (C=O) groups excluding carboxylic acids is 4. The van der Waals surface area contributed by atoms with Crippen molar-refractivity contribution in [2.75, 3.05) is 31.0 Å². The van der Waals surface area contributed by atoms with Gasteiger partial charge < -0.3 is 19.5 Å². The molecule has 2 aromatic carbocycles. The van der Waals surface area contributed by atoms with Crippen LogP contribution in [0.15, 0.2) is 42.5 Å². The highest BCUT2D eigenvalue weighted by Gasteiger charge is 2.30. The van der Waals surface area contributed by atoms with Crippen molar-refractivity contribution in [3.8, 4) is 11.5 Å². The third-order valence-corrected chi connectivity index (χ3v) is 4.43. The number of esters is 1. The maximum atomic E-state index is 12.2. The van der Waals surface area contributed by atoms with Crippen LogP contribution in [-0.4, -0.2) is 44.5 Å². The van der Waals surface area contributed by atoms with Crippen molar-refractivity contribution in [1.82, 2.24) is 0 Å². The maximum Gasteiger partial charge on any atom is 0.338 e. The predicted molar refractivity (Wildman–Crippen MR) is 107 cm³/mol. The molecule has 0 aromatic heterocycles. The van der Waals surface area contributed by atoms with E-state index < -0.39 is 18.5 Å². The minimum atomic E-state index is -0.711. The fraction of sp³-hybridized carbons (Fsp3) is 0.238. The molecule has 0 bridgehead atoms. The summed E-state index contributed by atoms with van der Waals surface area (Å²) in [5.74, 6) is -0.844. The lowest BCUT2D eigenvalue weighted by Gasteiger charge is -2.14. The minimum absolute atomic E-state index is 0.177. The zero-order valence-electron chi connectivity index (χ0n) is 16.5. The number of hydrogen-bond donors (Lipinski definition) is 1. The van der Waals surface area contributed by atoms with Gasteiger partial charge in [0, 0.05) is 18.9 Å². The Morgan fingerprint density at radius 3 is 2.23 bits per heavy atom. The Labute approximate surface area is 172 Å². The van der Waals surface area contributed by atoms with Crippen LogP contribution in [0.1, 0.15) is 23.2 Å². The Bertz CT molecular complexity index is 969. The second-order valence-electron chi connectivity index (χ2n) is 6.36. The lowest BCUT2D eigenvalue weighted by molar-refractivity contribution is -0.121. The van der Waals surface area contributed by atoms with Crippen molar-refractivity contribution in [2.45, 2.75) is 12.8 Å². The molecule has 0 atom stereocenters. The van der Waals surface area contributed by atoms with Crippen LogP contribution in [-0.2, 0) is 19.1 Å². The van der Waals surface area contributed by atoms with E-state index in [4.69, 9.17) is 14.2 Å². The number of imide groups is 1. The smallest absolute Gasteiger partial charge is 0.338 e. The van der Waals surface area contributed by atoms with E-state index in [1.165, 1.54) is 38.5 Å². The molecule has 1 heterocycles. The van der Waals surface area contributed by atoms with Crippen molar-refractivity contribution in [2.24, 2.45) is 0 Å². The lowest BCUT2D eigenvalue weighted by Crippen LogP contribution is -2.28. The van der Waals surface area contributed by atoms with E-state index in [-0.39, 0.29) is 30.2 Å². The predicted octanol–water partition coefficient (Wildman–Crippen LogP) is 2.15. The number of methoxy groups -OCH3 is 2. The molecule has 1 fully saturated rings. The molecule has 156 valence electrons. The molecule has 3 amide bonds. The molecule has 1 aliphatic heterocycles. The summed E-state index contributed by atoms with van der Waals surface area (Å²) in [4.78, 5) is 48.9. The van der Waals surface area contributed by atoms with Gasteiger partial charge in [-0.2, -0.15) is 0 Å². The molecular weight excluding hydrogens is 392 g/mol. The Morgan fingerprint density at radius 1 is 0.967 bits per heavy atom. The Hall–Kier alpha value is -3.88. The largest absolute Gasteiger partial charge is 0.497 e. The van der Waals surface area contributed by atoms with Gasteiger partial charge in [-0.15, -0.1) is 0 Å². The van der Waals surface area contributed by atoms with Crippen LogP contribution < -0.4 is 19.7 Å². The Morgan fingerprint density at radius 2 is 1.63 bits per heavy atom. The van der Waals surface area contributed by atoms with Crippen LogP contribution in [0.4, 0.5) is 11.4 Å². The molecule has 9 nitrogen and oxygen atoms in total. The summed E-state index contributed by atoms with van der Waals surface area (Å²) in [5.41, 5.74) is 0.986. The molecule has 3 rings (SSSR count). The summed E-state index contributed by atoms with van der Waals surface area (Å²) in [6.45, 7) is -0.501. The van der Waals surface area contributed by atoms with E-state index in [0.717, 1.165) is 4.90 Å². The first-order chi connectivity index (χ1) is 14.4. The van der Waals surface area contributed by atoms with Crippen LogP contribution in [0.5, 0.6) is 11.5 Å². The van der Waals surface area contributed by atoms with Gasteiger partial charge in [0.1, 0.15) is 11.5 Å². The zero-order chi connectivity index (χ0) is 21.7. The number of ether oxygens (including phenoxy) is 3. The number of amides is 3. The molecule has 0 saturated carbocycles. The van der Waals surface area contributed by atoms with Crippen LogP contribution in [0.25, 0.3) is 0 Å². The average molecular weight is 412 g/mol. The van der Waals surface area contributed by atoms with Gasteiger partial charge in [-0.05, 0) is 36.4 Å². The van der Waals surface area contributed by atoms with Crippen molar-refractivity contribution in [1.29, 1.82) is 0 Å². The van der Waals surface area contributed by atoms with E-state index in [9.17, 15) is 19.2 Å². The number of rotatable bonds is 7. The molecule has 30 heavy (non-hydrogen) atoms. The van der Waals surface area contributed by atoms with E-state index in [1.807, 2.05) is 0 Å². The molecule has 0 radical (unpaired) electrons. The van der Waals surface area contributed by atoms with Gasteiger partial charge in [0.25, 0.3) is 5.91 Å². The highest BCUT2D eigenvalue weighted by atomic mass is 16.5. The van der Waals surface area contributed by atoms with Gasteiger partial charge in [-0.25, -0.2) is 4.79 Å². The first kappa shape index (κ1) is 20.8. The van der Waals surface area contributed by atoms with Gasteiger partial charge in [0.05, 0.1) is 31.2 Å². The van der Waals surface area contributed by atoms with E-state index >= 15 is 0 Å². The number of anilines is 2. The van der Waals surface area contributed by atoms with Gasteiger partial charge >= 0.3 is 5.97 Å². The first-order valence-corrected chi connectivity index (χ1v) is 9.07.